The molecule has 1 amide bonds. The van der Waals surface area contributed by atoms with Crippen molar-refractivity contribution in [2.75, 3.05) is 37.6 Å². The van der Waals surface area contributed by atoms with Gasteiger partial charge in [0.25, 0.3) is 0 Å². The van der Waals surface area contributed by atoms with Gasteiger partial charge in [0.2, 0.25) is 15.9 Å². The molecule has 1 aliphatic heterocycles. The van der Waals surface area contributed by atoms with Crippen molar-refractivity contribution in [1.82, 2.24) is 18.4 Å². The van der Waals surface area contributed by atoms with E-state index < -0.39 is 10.0 Å². The first-order chi connectivity index (χ1) is 15.3. The Labute approximate surface area is 190 Å². The quantitative estimate of drug-likeness (QED) is 0.522. The van der Waals surface area contributed by atoms with Gasteiger partial charge < -0.3 is 9.80 Å². The maximum absolute atomic E-state index is 12.6. The first-order valence-corrected chi connectivity index (χ1v) is 12.4. The van der Waals surface area contributed by atoms with Gasteiger partial charge in [-0.25, -0.2) is 13.1 Å². The summed E-state index contributed by atoms with van der Waals surface area (Å²) < 4.78 is 35.9. The lowest BCUT2D eigenvalue weighted by Gasteiger charge is -2.36. The molecule has 0 aliphatic carbocycles. The van der Waals surface area contributed by atoms with Crippen molar-refractivity contribution in [1.29, 1.82) is 0 Å². The number of carbonyl (C=O) groups is 2. The van der Waals surface area contributed by atoms with Crippen LogP contribution in [0.2, 0.25) is 0 Å². The number of Topliss-reactive ketones (excluding diaryl/α,β-unsaturated/α-hetero) is 1. The summed E-state index contributed by atoms with van der Waals surface area (Å²) in [5.74, 6) is -0.0599. The number of carbonyl (C=O) groups excluding carboxylic acids is 2. The second-order valence-electron chi connectivity index (χ2n) is 7.51. The molecule has 1 fully saturated rings. The Bertz CT molecular complexity index is 1230. The van der Waals surface area contributed by atoms with Gasteiger partial charge in [-0.3, -0.25) is 9.59 Å². The highest BCUT2D eigenvalue weighted by molar-refractivity contribution is 7.89. The van der Waals surface area contributed by atoms with Crippen molar-refractivity contribution in [3.63, 3.8) is 0 Å². The number of anilines is 1. The molecule has 4 rings (SSSR count). The third-order valence-corrected chi connectivity index (χ3v) is 7.48. The number of ketones is 1. The highest BCUT2D eigenvalue weighted by atomic mass is 32.2. The first-order valence-electron chi connectivity index (χ1n) is 10.2. The Morgan fingerprint density at radius 3 is 2.44 bits per heavy atom. The van der Waals surface area contributed by atoms with Gasteiger partial charge in [-0.2, -0.15) is 8.75 Å². The summed E-state index contributed by atoms with van der Waals surface area (Å²) in [5.41, 5.74) is 2.55. The number of nitrogens with one attached hydrogen (secondary N) is 1. The summed E-state index contributed by atoms with van der Waals surface area (Å²) in [6.45, 7) is 4.02. The Kier molecular flexibility index (Phi) is 6.49. The van der Waals surface area contributed by atoms with Crippen LogP contribution in [0.25, 0.3) is 11.0 Å². The van der Waals surface area contributed by atoms with E-state index in [2.05, 4.69) is 18.4 Å². The third-order valence-electron chi connectivity index (χ3n) is 5.44. The average Bonchev–Trinajstić information content (AvgIpc) is 3.28. The van der Waals surface area contributed by atoms with Crippen LogP contribution in [0.4, 0.5) is 5.69 Å². The molecule has 168 valence electrons. The molecule has 1 N–H and O–H groups in total. The van der Waals surface area contributed by atoms with E-state index in [1.54, 1.807) is 17.0 Å². The molecule has 9 nitrogen and oxygen atoms in total. The predicted octanol–water partition coefficient (Wildman–Crippen LogP) is 1.91. The van der Waals surface area contributed by atoms with Gasteiger partial charge in [-0.05, 0) is 43.3 Å². The topological polar surface area (TPSA) is 113 Å². The molecule has 0 spiro atoms. The lowest BCUT2D eigenvalue weighted by Crippen LogP contribution is -2.49. The van der Waals surface area contributed by atoms with Gasteiger partial charge in [-0.1, -0.05) is 6.07 Å². The fourth-order valence-corrected chi connectivity index (χ4v) is 5.44. The number of rotatable bonds is 7. The zero-order valence-corrected chi connectivity index (χ0v) is 19.2. The van der Waals surface area contributed by atoms with Crippen molar-refractivity contribution in [2.24, 2.45) is 0 Å². The number of amides is 1. The summed E-state index contributed by atoms with van der Waals surface area (Å²) in [5, 5.41) is 0. The van der Waals surface area contributed by atoms with Crippen molar-refractivity contribution in [2.45, 2.75) is 18.2 Å². The van der Waals surface area contributed by atoms with E-state index in [4.69, 9.17) is 0 Å². The number of aromatic nitrogens is 2. The standard InChI is InChI=1S/C21H23N5O4S2/c1-15(27)16-5-7-17(8-6-16)25-11-13-26(14-12-25)20(28)9-10-22-32(29,30)19-4-2-3-18-21(19)24-31-23-18/h2-8,22H,9-14H2,1H3. The van der Waals surface area contributed by atoms with Gasteiger partial charge in [-0.15, -0.1) is 0 Å². The van der Waals surface area contributed by atoms with Gasteiger partial charge >= 0.3 is 0 Å². The zero-order valence-electron chi connectivity index (χ0n) is 17.5. The van der Waals surface area contributed by atoms with Crippen molar-refractivity contribution in [3.8, 4) is 0 Å². The lowest BCUT2D eigenvalue weighted by molar-refractivity contribution is -0.131. The summed E-state index contributed by atoms with van der Waals surface area (Å²) in [6, 6.07) is 12.3. The van der Waals surface area contributed by atoms with Crippen molar-refractivity contribution >= 4 is 50.2 Å². The second kappa shape index (κ2) is 9.31. The van der Waals surface area contributed by atoms with E-state index in [1.807, 2.05) is 24.3 Å². The lowest BCUT2D eigenvalue weighted by atomic mass is 10.1. The van der Waals surface area contributed by atoms with Crippen molar-refractivity contribution < 1.29 is 18.0 Å². The van der Waals surface area contributed by atoms with E-state index in [1.165, 1.54) is 13.0 Å². The predicted molar refractivity (Wildman–Crippen MR) is 122 cm³/mol. The smallest absolute Gasteiger partial charge is 0.242 e. The third kappa shape index (κ3) is 4.79. The second-order valence-corrected chi connectivity index (χ2v) is 9.77. The fourth-order valence-electron chi connectivity index (χ4n) is 3.65. The van der Waals surface area contributed by atoms with E-state index in [-0.39, 0.29) is 29.6 Å². The number of hydrogen-bond donors (Lipinski definition) is 1. The van der Waals surface area contributed by atoms with Crippen LogP contribution in [-0.4, -0.2) is 66.5 Å². The molecule has 1 aliphatic rings. The number of nitrogens with zero attached hydrogens (tertiary/aromatic N) is 4. The highest BCUT2D eigenvalue weighted by Crippen LogP contribution is 2.21. The van der Waals surface area contributed by atoms with Gasteiger partial charge in [0.05, 0.1) is 11.7 Å². The molecular weight excluding hydrogens is 450 g/mol. The van der Waals surface area contributed by atoms with Crippen LogP contribution in [0.5, 0.6) is 0 Å². The van der Waals surface area contributed by atoms with E-state index in [9.17, 15) is 18.0 Å². The van der Waals surface area contributed by atoms with Crippen LogP contribution >= 0.6 is 11.7 Å². The summed E-state index contributed by atoms with van der Waals surface area (Å²) in [4.78, 5) is 28.0. The van der Waals surface area contributed by atoms with Crippen LogP contribution in [0.15, 0.2) is 47.4 Å². The molecule has 0 bridgehead atoms. The molecule has 2 heterocycles. The molecule has 0 atom stereocenters. The maximum Gasteiger partial charge on any atom is 0.242 e. The van der Waals surface area contributed by atoms with Crippen molar-refractivity contribution in [3.05, 3.63) is 48.0 Å². The number of hydrogen-bond acceptors (Lipinski definition) is 8. The average molecular weight is 474 g/mol. The molecule has 3 aromatic rings. The number of sulfonamides is 1. The molecule has 32 heavy (non-hydrogen) atoms. The number of piperazine rings is 1. The monoisotopic (exact) mass is 473 g/mol. The molecule has 2 aromatic carbocycles. The number of benzene rings is 2. The maximum atomic E-state index is 12.6. The molecule has 0 unspecified atom stereocenters. The van der Waals surface area contributed by atoms with Crippen LogP contribution < -0.4 is 9.62 Å². The summed E-state index contributed by atoms with van der Waals surface area (Å²) in [6.07, 6.45) is 0.0812. The fraction of sp³-hybridized carbons (Fsp3) is 0.333. The normalized spacial score (nSPS) is 14.7. The molecule has 1 saturated heterocycles. The molecule has 11 heteroatoms. The van der Waals surface area contributed by atoms with Crippen LogP contribution in [-0.2, 0) is 14.8 Å². The molecule has 0 saturated carbocycles. The summed E-state index contributed by atoms with van der Waals surface area (Å²) >= 11 is 0.959. The first kappa shape index (κ1) is 22.3. The van der Waals surface area contributed by atoms with E-state index in [0.29, 0.717) is 42.8 Å². The highest BCUT2D eigenvalue weighted by Gasteiger charge is 2.23. The minimum atomic E-state index is -3.79. The van der Waals surface area contributed by atoms with Gasteiger partial charge in [0.1, 0.15) is 15.9 Å². The molecule has 0 radical (unpaired) electrons. The minimum Gasteiger partial charge on any atom is -0.368 e. The van der Waals surface area contributed by atoms with Crippen LogP contribution in [0, 0.1) is 0 Å². The largest absolute Gasteiger partial charge is 0.368 e. The van der Waals surface area contributed by atoms with E-state index >= 15 is 0 Å². The minimum absolute atomic E-state index is 0.0157. The van der Waals surface area contributed by atoms with Crippen LogP contribution in [0.3, 0.4) is 0 Å². The van der Waals surface area contributed by atoms with E-state index in [0.717, 1.165) is 17.4 Å². The SMILES string of the molecule is CC(=O)c1ccc(N2CCN(C(=O)CCNS(=O)(=O)c3cccc4nsnc34)CC2)cc1. The Hall–Kier alpha value is -2.89. The van der Waals surface area contributed by atoms with Crippen LogP contribution in [0.1, 0.15) is 23.7 Å². The zero-order chi connectivity index (χ0) is 22.7. The Balaban J connectivity index is 1.28. The van der Waals surface area contributed by atoms with Gasteiger partial charge in [0, 0.05) is 50.4 Å². The number of fused-ring (bicyclic) bond motifs is 1. The summed E-state index contributed by atoms with van der Waals surface area (Å²) in [7, 11) is -3.79. The molecule has 1 aromatic heterocycles. The Morgan fingerprint density at radius 1 is 1.03 bits per heavy atom. The van der Waals surface area contributed by atoms with Gasteiger partial charge in [0.15, 0.2) is 5.78 Å². The molecular formula is C21H23N5O4S2. The Morgan fingerprint density at radius 2 is 1.75 bits per heavy atom.